The molecule has 1 aromatic heterocycles. The number of hydrogen-bond donors (Lipinski definition) is 1. The Hall–Kier alpha value is -1.43. The van der Waals surface area contributed by atoms with Crippen molar-refractivity contribution in [2.24, 2.45) is 11.7 Å². The van der Waals surface area contributed by atoms with Gasteiger partial charge in [0.05, 0.1) is 5.69 Å². The van der Waals surface area contributed by atoms with Gasteiger partial charge in [0.15, 0.2) is 0 Å². The predicted octanol–water partition coefficient (Wildman–Crippen LogP) is 3.46. The van der Waals surface area contributed by atoms with Crippen LogP contribution in [0.1, 0.15) is 25.0 Å². The molecule has 126 valence electrons. The van der Waals surface area contributed by atoms with E-state index in [4.69, 9.17) is 10.2 Å². The molecule has 1 aliphatic rings. The van der Waals surface area contributed by atoms with E-state index < -0.39 is 0 Å². The van der Waals surface area contributed by atoms with E-state index in [1.165, 1.54) is 25.0 Å². The molecule has 2 heterocycles. The van der Waals surface area contributed by atoms with Gasteiger partial charge < -0.3 is 10.2 Å². The monoisotopic (exact) mass is 339 g/mol. The molecule has 0 spiro atoms. The van der Waals surface area contributed by atoms with E-state index in [0.29, 0.717) is 11.8 Å². The number of likely N-dealkylation sites (tertiary alicyclic amines) is 1. The van der Waals surface area contributed by atoms with Crippen LogP contribution in [0.5, 0.6) is 0 Å². The molecule has 0 radical (unpaired) electrons. The van der Waals surface area contributed by atoms with Gasteiger partial charge >= 0.3 is 0 Å². The fraction of sp³-hybridized carbons (Fsp3) is 0.471. The van der Waals surface area contributed by atoms with Crippen molar-refractivity contribution in [2.75, 3.05) is 19.6 Å². The summed E-state index contributed by atoms with van der Waals surface area (Å²) in [6.07, 6.45) is 5.28. The summed E-state index contributed by atoms with van der Waals surface area (Å²) in [4.78, 5) is 6.93. The van der Waals surface area contributed by atoms with Crippen molar-refractivity contribution in [1.29, 1.82) is 0 Å². The molecule has 1 fully saturated rings. The van der Waals surface area contributed by atoms with E-state index in [-0.39, 0.29) is 18.2 Å². The van der Waals surface area contributed by atoms with Gasteiger partial charge in [0, 0.05) is 18.7 Å². The molecule has 23 heavy (non-hydrogen) atoms. The Morgan fingerprint density at radius 3 is 2.83 bits per heavy atom. The number of piperidine rings is 1. The molecule has 1 unspecified atom stereocenters. The van der Waals surface area contributed by atoms with Crippen LogP contribution in [0.15, 0.2) is 34.9 Å². The van der Waals surface area contributed by atoms with Gasteiger partial charge in [-0.1, -0.05) is 0 Å². The van der Waals surface area contributed by atoms with Crippen molar-refractivity contribution in [3.63, 3.8) is 0 Å². The topological polar surface area (TPSA) is 55.3 Å². The zero-order chi connectivity index (χ0) is 15.4. The SMILES string of the molecule is Cl.NCCC1CCCN(Cc2coc(-c3ccc(F)cc3)n2)C1. The van der Waals surface area contributed by atoms with E-state index in [2.05, 4.69) is 9.88 Å². The summed E-state index contributed by atoms with van der Waals surface area (Å²) in [5.41, 5.74) is 7.39. The summed E-state index contributed by atoms with van der Waals surface area (Å²) < 4.78 is 18.5. The average molecular weight is 340 g/mol. The second kappa shape index (κ2) is 8.43. The molecule has 2 aromatic rings. The first-order chi connectivity index (χ1) is 10.7. The van der Waals surface area contributed by atoms with Crippen molar-refractivity contribution in [3.8, 4) is 11.5 Å². The number of oxazole rings is 1. The Labute approximate surface area is 142 Å². The van der Waals surface area contributed by atoms with Gasteiger partial charge in [-0.3, -0.25) is 4.90 Å². The highest BCUT2D eigenvalue weighted by Gasteiger charge is 2.20. The van der Waals surface area contributed by atoms with Crippen molar-refractivity contribution < 1.29 is 8.81 Å². The molecule has 1 saturated heterocycles. The molecule has 1 aromatic carbocycles. The molecular weight excluding hydrogens is 317 g/mol. The quantitative estimate of drug-likeness (QED) is 0.906. The number of rotatable bonds is 5. The minimum atomic E-state index is -0.255. The molecule has 0 amide bonds. The van der Waals surface area contributed by atoms with Gasteiger partial charge in [0.1, 0.15) is 12.1 Å². The Morgan fingerprint density at radius 1 is 1.30 bits per heavy atom. The molecule has 1 aliphatic heterocycles. The van der Waals surface area contributed by atoms with Crippen LogP contribution in [0.3, 0.4) is 0 Å². The van der Waals surface area contributed by atoms with Crippen LogP contribution in [0.4, 0.5) is 4.39 Å². The maximum Gasteiger partial charge on any atom is 0.226 e. The molecule has 1 atom stereocenters. The summed E-state index contributed by atoms with van der Waals surface area (Å²) in [6.45, 7) is 3.73. The Bertz CT molecular complexity index is 600. The van der Waals surface area contributed by atoms with Crippen molar-refractivity contribution in [3.05, 3.63) is 42.0 Å². The van der Waals surface area contributed by atoms with Gasteiger partial charge in [-0.15, -0.1) is 12.4 Å². The normalized spacial score (nSPS) is 18.6. The summed E-state index contributed by atoms with van der Waals surface area (Å²) in [7, 11) is 0. The lowest BCUT2D eigenvalue weighted by molar-refractivity contribution is 0.161. The first-order valence-electron chi connectivity index (χ1n) is 7.87. The van der Waals surface area contributed by atoms with E-state index >= 15 is 0 Å². The van der Waals surface area contributed by atoms with E-state index in [0.717, 1.165) is 43.9 Å². The van der Waals surface area contributed by atoms with Crippen molar-refractivity contribution >= 4 is 12.4 Å². The van der Waals surface area contributed by atoms with E-state index in [9.17, 15) is 4.39 Å². The molecule has 4 nitrogen and oxygen atoms in total. The molecule has 2 N–H and O–H groups in total. The Balaban J connectivity index is 0.00000192. The lowest BCUT2D eigenvalue weighted by atomic mass is 9.95. The average Bonchev–Trinajstić information content (AvgIpc) is 2.97. The second-order valence-electron chi connectivity index (χ2n) is 5.97. The van der Waals surface area contributed by atoms with Gasteiger partial charge in [-0.05, 0) is 62.5 Å². The van der Waals surface area contributed by atoms with Crippen LogP contribution >= 0.6 is 12.4 Å². The van der Waals surface area contributed by atoms with Crippen LogP contribution in [0.25, 0.3) is 11.5 Å². The second-order valence-corrected chi connectivity index (χ2v) is 5.97. The number of benzene rings is 1. The number of aromatic nitrogens is 1. The van der Waals surface area contributed by atoms with Crippen LogP contribution in [-0.4, -0.2) is 29.5 Å². The van der Waals surface area contributed by atoms with Crippen LogP contribution < -0.4 is 5.73 Å². The van der Waals surface area contributed by atoms with Gasteiger partial charge in [0.25, 0.3) is 0 Å². The van der Waals surface area contributed by atoms with E-state index in [1.807, 2.05) is 0 Å². The van der Waals surface area contributed by atoms with Crippen molar-refractivity contribution in [2.45, 2.75) is 25.8 Å². The van der Waals surface area contributed by atoms with Crippen LogP contribution in [0.2, 0.25) is 0 Å². The van der Waals surface area contributed by atoms with Gasteiger partial charge in [-0.25, -0.2) is 9.37 Å². The molecule has 0 saturated carbocycles. The van der Waals surface area contributed by atoms with Gasteiger partial charge in [-0.2, -0.15) is 0 Å². The third kappa shape index (κ3) is 4.77. The lowest BCUT2D eigenvalue weighted by Gasteiger charge is -2.31. The first kappa shape index (κ1) is 17.9. The summed E-state index contributed by atoms with van der Waals surface area (Å²) in [5, 5.41) is 0. The lowest BCUT2D eigenvalue weighted by Crippen LogP contribution is -2.35. The van der Waals surface area contributed by atoms with Crippen LogP contribution in [0, 0.1) is 11.7 Å². The number of nitrogens with two attached hydrogens (primary N) is 1. The van der Waals surface area contributed by atoms with Crippen molar-refractivity contribution in [1.82, 2.24) is 9.88 Å². The summed E-state index contributed by atoms with van der Waals surface area (Å²) in [6, 6.07) is 6.20. The summed E-state index contributed by atoms with van der Waals surface area (Å²) >= 11 is 0. The molecule has 0 aliphatic carbocycles. The maximum atomic E-state index is 12.9. The summed E-state index contributed by atoms with van der Waals surface area (Å²) in [5.74, 6) is 0.988. The predicted molar refractivity (Wildman–Crippen MR) is 90.8 cm³/mol. The maximum absolute atomic E-state index is 12.9. The first-order valence-corrected chi connectivity index (χ1v) is 7.87. The van der Waals surface area contributed by atoms with E-state index in [1.54, 1.807) is 18.4 Å². The molecule has 0 bridgehead atoms. The zero-order valence-corrected chi connectivity index (χ0v) is 13.9. The third-order valence-corrected chi connectivity index (χ3v) is 4.21. The van der Waals surface area contributed by atoms with Gasteiger partial charge in [0.2, 0.25) is 5.89 Å². The molecule has 6 heteroatoms. The fourth-order valence-electron chi connectivity index (χ4n) is 3.10. The highest BCUT2D eigenvalue weighted by molar-refractivity contribution is 5.85. The Kier molecular flexibility index (Phi) is 6.57. The molecule has 3 rings (SSSR count). The minimum absolute atomic E-state index is 0. The standard InChI is InChI=1S/C17H22FN3O.ClH/c18-15-5-3-14(4-6-15)17-20-16(12-22-17)11-21-9-1-2-13(10-21)7-8-19;/h3-6,12-13H,1-2,7-11,19H2;1H. The highest BCUT2D eigenvalue weighted by Crippen LogP contribution is 2.23. The number of nitrogens with zero attached hydrogens (tertiary/aromatic N) is 2. The molecular formula is C17H23ClFN3O. The minimum Gasteiger partial charge on any atom is -0.444 e. The smallest absolute Gasteiger partial charge is 0.226 e. The zero-order valence-electron chi connectivity index (χ0n) is 13.1. The van der Waals surface area contributed by atoms with Crippen LogP contribution in [-0.2, 0) is 6.54 Å². The fourth-order valence-corrected chi connectivity index (χ4v) is 3.10. The number of hydrogen-bond acceptors (Lipinski definition) is 4. The highest BCUT2D eigenvalue weighted by atomic mass is 35.5. The largest absolute Gasteiger partial charge is 0.444 e. The number of halogens is 2. The third-order valence-electron chi connectivity index (χ3n) is 4.21. The Morgan fingerprint density at radius 2 is 2.09 bits per heavy atom.